The van der Waals surface area contributed by atoms with E-state index in [0.717, 1.165) is 28.7 Å². The van der Waals surface area contributed by atoms with Crippen LogP contribution in [-0.2, 0) is 11.2 Å². The number of anilines is 2. The monoisotopic (exact) mass is 412 g/mol. The summed E-state index contributed by atoms with van der Waals surface area (Å²) >= 11 is 12.6. The molecule has 140 valence electrons. The second-order valence-electron chi connectivity index (χ2n) is 6.12. The molecule has 0 bridgehead atoms. The quantitative estimate of drug-likeness (QED) is 0.388. The molecule has 0 aliphatic heterocycles. The Bertz CT molecular complexity index is 1170. The first-order valence-electron chi connectivity index (χ1n) is 8.38. The normalized spacial score (nSPS) is 11.0. The third-order valence-electron chi connectivity index (χ3n) is 4.13. The summed E-state index contributed by atoms with van der Waals surface area (Å²) in [6.45, 7) is 1.88. The van der Waals surface area contributed by atoms with E-state index in [1.807, 2.05) is 37.3 Å². The number of hydrogen-bond donors (Lipinski definition) is 1. The van der Waals surface area contributed by atoms with Crippen LogP contribution in [-0.4, -0.2) is 31.0 Å². The van der Waals surface area contributed by atoms with Crippen LogP contribution in [0.4, 0.5) is 11.5 Å². The fraction of sp³-hybridized carbons (Fsp3) is 0.105. The van der Waals surface area contributed by atoms with Crippen LogP contribution in [0.5, 0.6) is 0 Å². The summed E-state index contributed by atoms with van der Waals surface area (Å²) in [5, 5.41) is 12.0. The molecule has 4 aromatic rings. The van der Waals surface area contributed by atoms with E-state index in [1.54, 1.807) is 17.0 Å². The number of imidazole rings is 1. The molecule has 0 amide bonds. The van der Waals surface area contributed by atoms with Gasteiger partial charge in [0.05, 0.1) is 21.7 Å². The van der Waals surface area contributed by atoms with Gasteiger partial charge in [0.25, 0.3) is 0 Å². The van der Waals surface area contributed by atoms with Crippen molar-refractivity contribution >= 4 is 52.0 Å². The van der Waals surface area contributed by atoms with Crippen molar-refractivity contribution in [2.24, 2.45) is 0 Å². The van der Waals surface area contributed by atoms with Crippen LogP contribution in [0.2, 0.25) is 10.2 Å². The van der Waals surface area contributed by atoms with Crippen LogP contribution in [0.3, 0.4) is 0 Å². The number of aryl methyl sites for hydroxylation is 1. The highest BCUT2D eigenvalue weighted by Gasteiger charge is 2.14. The largest absolute Gasteiger partial charge is 0.339 e. The molecular formula is C19H14Cl2N6O. The van der Waals surface area contributed by atoms with E-state index in [9.17, 15) is 4.79 Å². The zero-order valence-corrected chi connectivity index (χ0v) is 16.2. The molecular weight excluding hydrogens is 399 g/mol. The lowest BCUT2D eigenvalue weighted by atomic mass is 10.2. The average molecular weight is 413 g/mol. The molecule has 7 nitrogen and oxygen atoms in total. The number of halogens is 2. The number of carbonyl (C=O) groups excluding carboxylic acids is 1. The number of pyridine rings is 1. The van der Waals surface area contributed by atoms with Gasteiger partial charge in [-0.1, -0.05) is 23.2 Å². The van der Waals surface area contributed by atoms with Gasteiger partial charge in [0.15, 0.2) is 11.6 Å². The molecule has 1 N–H and O–H groups in total. The summed E-state index contributed by atoms with van der Waals surface area (Å²) in [7, 11) is 0. The van der Waals surface area contributed by atoms with Gasteiger partial charge in [0.1, 0.15) is 17.8 Å². The second-order valence-corrected chi connectivity index (χ2v) is 6.88. The maximum Gasteiger partial charge on any atom is 0.159 e. The summed E-state index contributed by atoms with van der Waals surface area (Å²) < 4.78 is 1.75. The summed E-state index contributed by atoms with van der Waals surface area (Å²) in [4.78, 5) is 19.5. The van der Waals surface area contributed by atoms with Gasteiger partial charge in [-0.3, -0.25) is 4.57 Å². The molecule has 3 heterocycles. The van der Waals surface area contributed by atoms with Crippen molar-refractivity contribution in [1.82, 2.24) is 24.7 Å². The van der Waals surface area contributed by atoms with E-state index in [0.29, 0.717) is 22.2 Å². The number of rotatable bonds is 5. The molecule has 0 aliphatic rings. The third-order valence-corrected chi connectivity index (χ3v) is 4.74. The predicted octanol–water partition coefficient (Wildman–Crippen LogP) is 4.31. The summed E-state index contributed by atoms with van der Waals surface area (Å²) in [6, 6.07) is 11.1. The number of nitrogens with zero attached hydrogens (tertiary/aromatic N) is 5. The van der Waals surface area contributed by atoms with Gasteiger partial charge in [-0.25, -0.2) is 9.97 Å². The number of hydrogen-bond acceptors (Lipinski definition) is 6. The van der Waals surface area contributed by atoms with E-state index in [4.69, 9.17) is 23.2 Å². The van der Waals surface area contributed by atoms with Gasteiger partial charge in [-0.2, -0.15) is 5.10 Å². The standard InChI is InChI=1S/C19H14Cl2N6O/c1-11-2-5-17(26-25-11)23-13-3-4-16-15(9-13)22-10-27(16)19-14(20)8-12(6-7-28)18(21)24-19/h2-5,7-10H,6H2,1H3,(H,23,26). The number of nitrogens with one attached hydrogen (secondary N) is 1. The Morgan fingerprint density at radius 3 is 2.75 bits per heavy atom. The summed E-state index contributed by atoms with van der Waals surface area (Å²) in [5.41, 5.74) is 3.82. The average Bonchev–Trinajstić information content (AvgIpc) is 3.09. The lowest BCUT2D eigenvalue weighted by Gasteiger charge is -2.09. The number of aromatic nitrogens is 5. The molecule has 3 aromatic heterocycles. The third kappa shape index (κ3) is 3.54. The lowest BCUT2D eigenvalue weighted by molar-refractivity contribution is -0.107. The van der Waals surface area contributed by atoms with E-state index < -0.39 is 0 Å². The summed E-state index contributed by atoms with van der Waals surface area (Å²) in [6.07, 6.45) is 2.55. The van der Waals surface area contributed by atoms with Gasteiger partial charge >= 0.3 is 0 Å². The number of fused-ring (bicyclic) bond motifs is 1. The highest BCUT2D eigenvalue weighted by molar-refractivity contribution is 6.34. The van der Waals surface area contributed by atoms with Crippen molar-refractivity contribution < 1.29 is 4.79 Å². The van der Waals surface area contributed by atoms with Gasteiger partial charge < -0.3 is 10.1 Å². The predicted molar refractivity (Wildman–Crippen MR) is 109 cm³/mol. The zero-order chi connectivity index (χ0) is 19.7. The Hall–Kier alpha value is -3.03. The van der Waals surface area contributed by atoms with Crippen molar-refractivity contribution in [3.05, 3.63) is 64.2 Å². The van der Waals surface area contributed by atoms with E-state index in [-0.39, 0.29) is 11.6 Å². The van der Waals surface area contributed by atoms with Crippen LogP contribution in [0.15, 0.2) is 42.7 Å². The van der Waals surface area contributed by atoms with E-state index in [1.165, 1.54) is 0 Å². The first-order valence-corrected chi connectivity index (χ1v) is 9.14. The lowest BCUT2D eigenvalue weighted by Crippen LogP contribution is -2.01. The fourth-order valence-electron chi connectivity index (χ4n) is 2.77. The van der Waals surface area contributed by atoms with Crippen LogP contribution in [0, 0.1) is 6.92 Å². The SMILES string of the molecule is Cc1ccc(Nc2ccc3c(c2)ncn3-c2nc(Cl)c(CC=O)cc2Cl)nn1. The van der Waals surface area contributed by atoms with Crippen LogP contribution >= 0.6 is 23.2 Å². The zero-order valence-electron chi connectivity index (χ0n) is 14.7. The maximum absolute atomic E-state index is 10.7. The molecule has 0 aliphatic carbocycles. The Morgan fingerprint density at radius 2 is 2.00 bits per heavy atom. The second kappa shape index (κ2) is 7.53. The van der Waals surface area contributed by atoms with Crippen molar-refractivity contribution in [2.75, 3.05) is 5.32 Å². The molecule has 9 heteroatoms. The van der Waals surface area contributed by atoms with Gasteiger partial charge in [-0.05, 0) is 48.9 Å². The molecule has 0 unspecified atom stereocenters. The van der Waals surface area contributed by atoms with Crippen molar-refractivity contribution in [2.45, 2.75) is 13.3 Å². The minimum absolute atomic E-state index is 0.160. The minimum atomic E-state index is 0.160. The molecule has 0 fully saturated rings. The molecule has 4 rings (SSSR count). The topological polar surface area (TPSA) is 85.6 Å². The van der Waals surface area contributed by atoms with E-state index >= 15 is 0 Å². The first-order chi connectivity index (χ1) is 13.5. The first kappa shape index (κ1) is 18.3. The molecule has 0 saturated heterocycles. The Balaban J connectivity index is 1.69. The molecule has 1 aromatic carbocycles. The fourth-order valence-corrected chi connectivity index (χ4v) is 3.25. The smallest absolute Gasteiger partial charge is 0.159 e. The Labute approximate surface area is 170 Å². The number of benzene rings is 1. The molecule has 0 spiro atoms. The maximum atomic E-state index is 10.7. The highest BCUT2D eigenvalue weighted by Crippen LogP contribution is 2.28. The van der Waals surface area contributed by atoms with Gasteiger partial charge in [0.2, 0.25) is 0 Å². The van der Waals surface area contributed by atoms with Crippen molar-refractivity contribution in [3.63, 3.8) is 0 Å². The Morgan fingerprint density at radius 1 is 1.14 bits per heavy atom. The van der Waals surface area contributed by atoms with E-state index in [2.05, 4.69) is 25.5 Å². The van der Waals surface area contributed by atoms with Crippen LogP contribution in [0.25, 0.3) is 16.9 Å². The number of aldehydes is 1. The number of carbonyl (C=O) groups is 1. The van der Waals surface area contributed by atoms with Crippen LogP contribution in [0.1, 0.15) is 11.3 Å². The van der Waals surface area contributed by atoms with Crippen molar-refractivity contribution in [3.8, 4) is 5.82 Å². The van der Waals surface area contributed by atoms with Crippen molar-refractivity contribution in [1.29, 1.82) is 0 Å². The molecule has 28 heavy (non-hydrogen) atoms. The highest BCUT2D eigenvalue weighted by atomic mass is 35.5. The summed E-state index contributed by atoms with van der Waals surface area (Å²) in [5.74, 6) is 1.10. The Kier molecular flexibility index (Phi) is 4.93. The van der Waals surface area contributed by atoms with Crippen LogP contribution < -0.4 is 5.32 Å². The van der Waals surface area contributed by atoms with Gasteiger partial charge in [0, 0.05) is 12.1 Å². The molecule has 0 saturated carbocycles. The van der Waals surface area contributed by atoms with Gasteiger partial charge in [-0.15, -0.1) is 5.10 Å². The molecule has 0 radical (unpaired) electrons. The molecule has 0 atom stereocenters. The minimum Gasteiger partial charge on any atom is -0.339 e.